The predicted molar refractivity (Wildman–Crippen MR) is 62.4 cm³/mol. The zero-order valence-corrected chi connectivity index (χ0v) is 10.2. The fourth-order valence-electron chi connectivity index (χ4n) is 1.66. The van der Waals surface area contributed by atoms with Gasteiger partial charge in [0.15, 0.2) is 0 Å². The normalized spacial score (nSPS) is 18.1. The van der Waals surface area contributed by atoms with Gasteiger partial charge in [-0.25, -0.2) is 4.79 Å². The van der Waals surface area contributed by atoms with Crippen molar-refractivity contribution in [1.29, 1.82) is 0 Å². The Labute approximate surface area is 96.6 Å². The summed E-state index contributed by atoms with van der Waals surface area (Å²) in [6.45, 7) is 3.70. The van der Waals surface area contributed by atoms with Crippen LogP contribution in [0.5, 0.6) is 0 Å². The van der Waals surface area contributed by atoms with E-state index in [-0.39, 0.29) is 5.63 Å². The van der Waals surface area contributed by atoms with E-state index in [0.29, 0.717) is 5.69 Å². The average molecular weight is 273 g/mol. The van der Waals surface area contributed by atoms with E-state index in [1.165, 1.54) is 6.26 Å². The summed E-state index contributed by atoms with van der Waals surface area (Å²) < 4.78 is 5.71. The maximum Gasteiger partial charge on any atom is 0.359 e. The molecule has 2 rings (SSSR count). The number of likely N-dealkylation sites (N-methyl/N-ethyl adjacent to an activating group) is 1. The molecule has 1 fully saturated rings. The van der Waals surface area contributed by atoms with Crippen molar-refractivity contribution in [2.75, 3.05) is 38.1 Å². The molecule has 4 nitrogen and oxygen atoms in total. The minimum atomic E-state index is -0.261. The molecule has 1 saturated heterocycles. The van der Waals surface area contributed by atoms with Crippen molar-refractivity contribution in [3.05, 3.63) is 27.2 Å². The lowest BCUT2D eigenvalue weighted by Crippen LogP contribution is -2.45. The fraction of sp³-hybridized carbons (Fsp3) is 0.500. The zero-order valence-electron chi connectivity index (χ0n) is 8.57. The van der Waals surface area contributed by atoms with Gasteiger partial charge in [0.05, 0.1) is 4.47 Å². The molecule has 0 aromatic carbocycles. The van der Waals surface area contributed by atoms with Crippen LogP contribution in [-0.4, -0.2) is 38.1 Å². The van der Waals surface area contributed by atoms with Gasteiger partial charge in [-0.05, 0) is 29.0 Å². The number of piperazine rings is 1. The summed E-state index contributed by atoms with van der Waals surface area (Å²) in [6, 6.07) is 1.82. The highest BCUT2D eigenvalue weighted by Gasteiger charge is 2.17. The Morgan fingerprint density at radius 1 is 1.33 bits per heavy atom. The standard InChI is InChI=1S/C10H13BrN2O2/c1-12-2-4-13(5-3-12)9-6-8(11)7-15-10(9)14/h6-7H,2-5H2,1H3. The summed E-state index contributed by atoms with van der Waals surface area (Å²) in [4.78, 5) is 15.8. The summed E-state index contributed by atoms with van der Waals surface area (Å²) in [5, 5.41) is 0. The second-order valence-electron chi connectivity index (χ2n) is 3.73. The first-order valence-corrected chi connectivity index (χ1v) is 5.68. The molecule has 0 N–H and O–H groups in total. The number of rotatable bonds is 1. The van der Waals surface area contributed by atoms with Gasteiger partial charge in [-0.1, -0.05) is 0 Å². The fourth-order valence-corrected chi connectivity index (χ4v) is 1.97. The van der Waals surface area contributed by atoms with E-state index in [2.05, 4.69) is 32.8 Å². The second-order valence-corrected chi connectivity index (χ2v) is 4.64. The van der Waals surface area contributed by atoms with Gasteiger partial charge in [0.25, 0.3) is 0 Å². The minimum Gasteiger partial charge on any atom is -0.429 e. The largest absolute Gasteiger partial charge is 0.429 e. The van der Waals surface area contributed by atoms with Crippen LogP contribution in [0.2, 0.25) is 0 Å². The molecule has 0 aliphatic carbocycles. The van der Waals surface area contributed by atoms with Crippen molar-refractivity contribution >= 4 is 21.6 Å². The van der Waals surface area contributed by atoms with Crippen LogP contribution in [0.15, 0.2) is 26.0 Å². The first kappa shape index (κ1) is 10.7. The second kappa shape index (κ2) is 4.37. The molecule has 1 aromatic heterocycles. The van der Waals surface area contributed by atoms with E-state index in [0.717, 1.165) is 30.7 Å². The monoisotopic (exact) mass is 272 g/mol. The van der Waals surface area contributed by atoms with Gasteiger partial charge < -0.3 is 14.2 Å². The zero-order chi connectivity index (χ0) is 10.8. The van der Waals surface area contributed by atoms with Gasteiger partial charge in [-0.15, -0.1) is 0 Å². The molecule has 15 heavy (non-hydrogen) atoms. The number of anilines is 1. The molecule has 0 atom stereocenters. The van der Waals surface area contributed by atoms with Crippen molar-refractivity contribution < 1.29 is 4.42 Å². The van der Waals surface area contributed by atoms with E-state index >= 15 is 0 Å². The maximum atomic E-state index is 11.5. The number of hydrogen-bond donors (Lipinski definition) is 0. The summed E-state index contributed by atoms with van der Waals surface area (Å²) in [5.41, 5.74) is 0.389. The average Bonchev–Trinajstić information content (AvgIpc) is 2.23. The lowest BCUT2D eigenvalue weighted by molar-refractivity contribution is 0.311. The molecule has 2 heterocycles. The number of hydrogen-bond acceptors (Lipinski definition) is 4. The Bertz CT molecular complexity index is 397. The topological polar surface area (TPSA) is 36.7 Å². The summed E-state index contributed by atoms with van der Waals surface area (Å²) in [6.07, 6.45) is 1.42. The smallest absolute Gasteiger partial charge is 0.359 e. The van der Waals surface area contributed by atoms with Gasteiger partial charge in [0, 0.05) is 26.2 Å². The Hall–Kier alpha value is -0.810. The molecule has 1 aliphatic rings. The SMILES string of the molecule is CN1CCN(c2cc(Br)coc2=O)CC1. The molecule has 0 radical (unpaired) electrons. The van der Waals surface area contributed by atoms with Crippen LogP contribution >= 0.6 is 15.9 Å². The molecular formula is C10H13BrN2O2. The van der Waals surface area contributed by atoms with Gasteiger partial charge in [0.2, 0.25) is 0 Å². The molecule has 0 spiro atoms. The van der Waals surface area contributed by atoms with Gasteiger partial charge >= 0.3 is 5.63 Å². The third-order valence-corrected chi connectivity index (χ3v) is 3.02. The molecular weight excluding hydrogens is 260 g/mol. The molecule has 0 unspecified atom stereocenters. The highest BCUT2D eigenvalue weighted by molar-refractivity contribution is 9.10. The Morgan fingerprint density at radius 2 is 2.00 bits per heavy atom. The molecule has 0 saturated carbocycles. The third kappa shape index (κ3) is 2.41. The molecule has 1 aliphatic heterocycles. The van der Waals surface area contributed by atoms with Crippen LogP contribution in [0.25, 0.3) is 0 Å². The van der Waals surface area contributed by atoms with Crippen LogP contribution in [0.4, 0.5) is 5.69 Å². The van der Waals surface area contributed by atoms with Crippen molar-refractivity contribution in [1.82, 2.24) is 4.90 Å². The highest BCUT2D eigenvalue weighted by Crippen LogP contribution is 2.16. The first-order chi connectivity index (χ1) is 7.16. The van der Waals surface area contributed by atoms with Crippen LogP contribution in [0, 0.1) is 0 Å². The van der Waals surface area contributed by atoms with Gasteiger partial charge in [-0.2, -0.15) is 0 Å². The van der Waals surface area contributed by atoms with E-state index in [1.807, 2.05) is 6.07 Å². The van der Waals surface area contributed by atoms with Crippen molar-refractivity contribution in [3.8, 4) is 0 Å². The lowest BCUT2D eigenvalue weighted by atomic mass is 10.3. The summed E-state index contributed by atoms with van der Waals surface area (Å²) in [7, 11) is 2.08. The molecule has 82 valence electrons. The van der Waals surface area contributed by atoms with Crippen molar-refractivity contribution in [2.24, 2.45) is 0 Å². The molecule has 0 amide bonds. The van der Waals surface area contributed by atoms with Crippen molar-refractivity contribution in [3.63, 3.8) is 0 Å². The third-order valence-electron chi connectivity index (χ3n) is 2.61. The predicted octanol–water partition coefficient (Wildman–Crippen LogP) is 1.15. The highest BCUT2D eigenvalue weighted by atomic mass is 79.9. The molecule has 0 bridgehead atoms. The van der Waals surface area contributed by atoms with E-state index in [4.69, 9.17) is 4.42 Å². The van der Waals surface area contributed by atoms with Gasteiger partial charge in [-0.3, -0.25) is 0 Å². The van der Waals surface area contributed by atoms with Crippen LogP contribution in [0.1, 0.15) is 0 Å². The van der Waals surface area contributed by atoms with E-state index < -0.39 is 0 Å². The number of nitrogens with zero attached hydrogens (tertiary/aromatic N) is 2. The van der Waals surface area contributed by atoms with Crippen LogP contribution < -0.4 is 10.5 Å². The quantitative estimate of drug-likeness (QED) is 0.769. The first-order valence-electron chi connectivity index (χ1n) is 4.88. The van der Waals surface area contributed by atoms with E-state index in [9.17, 15) is 4.79 Å². The Morgan fingerprint density at radius 3 is 2.67 bits per heavy atom. The van der Waals surface area contributed by atoms with Gasteiger partial charge in [0.1, 0.15) is 12.0 Å². The minimum absolute atomic E-state index is 0.261. The van der Waals surface area contributed by atoms with Crippen LogP contribution in [-0.2, 0) is 0 Å². The Kier molecular flexibility index (Phi) is 3.11. The Balaban J connectivity index is 2.22. The lowest BCUT2D eigenvalue weighted by Gasteiger charge is -2.33. The molecule has 1 aromatic rings. The van der Waals surface area contributed by atoms with E-state index in [1.54, 1.807) is 0 Å². The number of halogens is 1. The van der Waals surface area contributed by atoms with Crippen molar-refractivity contribution in [2.45, 2.75) is 0 Å². The summed E-state index contributed by atoms with van der Waals surface area (Å²) >= 11 is 3.31. The maximum absolute atomic E-state index is 11.5. The van der Waals surface area contributed by atoms with Crippen LogP contribution in [0.3, 0.4) is 0 Å². The molecule has 5 heteroatoms. The summed E-state index contributed by atoms with van der Waals surface area (Å²) in [5.74, 6) is 0.